The molecule has 2 aromatic rings. The van der Waals surface area contributed by atoms with Crippen LogP contribution in [-0.2, 0) is 0 Å². The monoisotopic (exact) mass is 286 g/mol. The molecule has 0 aromatic heterocycles. The first-order valence-electron chi connectivity index (χ1n) is 7.44. The molecular weight excluding hydrogens is 260 g/mol. The van der Waals surface area contributed by atoms with Gasteiger partial charge >= 0.3 is 0 Å². The van der Waals surface area contributed by atoms with Crippen molar-refractivity contribution in [3.8, 4) is 22.6 Å². The average molecular weight is 286 g/mol. The minimum absolute atomic E-state index is 0.181. The molecule has 0 saturated heterocycles. The number of rotatable bonds is 2. The highest BCUT2D eigenvalue weighted by Crippen LogP contribution is 2.25. The Kier molecular flexibility index (Phi) is 6.29. The maximum Gasteiger partial charge on any atom is 0.120 e. The van der Waals surface area contributed by atoms with Crippen LogP contribution in [0.3, 0.4) is 0 Å². The minimum Gasteiger partial charge on any atom is -0.508 e. The molecule has 2 heteroatoms. The Morgan fingerprint density at radius 3 is 1.57 bits per heavy atom. The molecule has 1 N–H and O–H groups in total. The first kappa shape index (κ1) is 17.1. The second-order valence-electron chi connectivity index (χ2n) is 5.99. The van der Waals surface area contributed by atoms with Gasteiger partial charge in [-0.3, -0.25) is 0 Å². The van der Waals surface area contributed by atoms with Gasteiger partial charge < -0.3 is 9.84 Å². The van der Waals surface area contributed by atoms with Crippen molar-refractivity contribution in [1.82, 2.24) is 0 Å². The first-order valence-corrected chi connectivity index (χ1v) is 7.44. The second kappa shape index (κ2) is 7.72. The summed E-state index contributed by atoms with van der Waals surface area (Å²) >= 11 is 0. The smallest absolute Gasteiger partial charge is 0.120 e. The molecule has 2 aromatic carbocycles. The lowest BCUT2D eigenvalue weighted by atomic mass is 10.1. The lowest BCUT2D eigenvalue weighted by molar-refractivity contribution is 0.131. The van der Waals surface area contributed by atoms with E-state index in [9.17, 15) is 5.11 Å². The third-order valence-electron chi connectivity index (χ3n) is 2.48. The second-order valence-corrected chi connectivity index (χ2v) is 5.99. The SMILES string of the molecule is CC(C)(C)Oc1ccc(-c2ccc(O)cc2)cc1.CCC. The van der Waals surface area contributed by atoms with E-state index in [1.54, 1.807) is 12.1 Å². The summed E-state index contributed by atoms with van der Waals surface area (Å²) in [6.45, 7) is 10.3. The predicted molar refractivity (Wildman–Crippen MR) is 89.9 cm³/mol. The quantitative estimate of drug-likeness (QED) is 0.772. The Hall–Kier alpha value is -1.96. The molecule has 0 fully saturated rings. The summed E-state index contributed by atoms with van der Waals surface area (Å²) in [6, 6.07) is 15.1. The van der Waals surface area contributed by atoms with E-state index in [1.165, 1.54) is 6.42 Å². The standard InChI is InChI=1S/C16H18O2.C3H8/c1-16(2,3)18-15-10-6-13(7-11-15)12-4-8-14(17)9-5-12;1-3-2/h4-11,17H,1-3H3;3H2,1-2H3. The molecule has 0 spiro atoms. The van der Waals surface area contributed by atoms with Crippen molar-refractivity contribution in [2.75, 3.05) is 0 Å². The molecule has 114 valence electrons. The van der Waals surface area contributed by atoms with E-state index in [-0.39, 0.29) is 11.4 Å². The number of phenolic OH excluding ortho intramolecular Hbond substituents is 1. The van der Waals surface area contributed by atoms with E-state index in [1.807, 2.05) is 57.2 Å². The summed E-state index contributed by atoms with van der Waals surface area (Å²) < 4.78 is 5.77. The van der Waals surface area contributed by atoms with Crippen LogP contribution in [0.4, 0.5) is 0 Å². The fourth-order valence-corrected chi connectivity index (χ4v) is 1.72. The minimum atomic E-state index is -0.181. The van der Waals surface area contributed by atoms with Crippen molar-refractivity contribution in [1.29, 1.82) is 0 Å². The fraction of sp³-hybridized carbons (Fsp3) is 0.368. The van der Waals surface area contributed by atoms with Gasteiger partial charge in [0.15, 0.2) is 0 Å². The average Bonchev–Trinajstić information content (AvgIpc) is 2.40. The van der Waals surface area contributed by atoms with E-state index in [4.69, 9.17) is 4.74 Å². The molecule has 0 aliphatic heterocycles. The maximum absolute atomic E-state index is 9.26. The maximum atomic E-state index is 9.26. The highest BCUT2D eigenvalue weighted by molar-refractivity contribution is 5.64. The summed E-state index contributed by atoms with van der Waals surface area (Å²) in [6.07, 6.45) is 1.25. The van der Waals surface area contributed by atoms with Gasteiger partial charge in [0.1, 0.15) is 17.1 Å². The lowest BCUT2D eigenvalue weighted by Crippen LogP contribution is -2.22. The Bertz CT molecular complexity index is 519. The number of hydrogen-bond donors (Lipinski definition) is 1. The number of aromatic hydroxyl groups is 1. The van der Waals surface area contributed by atoms with Crippen molar-refractivity contribution in [2.45, 2.75) is 46.6 Å². The zero-order chi connectivity index (χ0) is 15.9. The molecule has 0 atom stereocenters. The zero-order valence-corrected chi connectivity index (χ0v) is 13.7. The Morgan fingerprint density at radius 1 is 0.810 bits per heavy atom. The Labute approximate surface area is 128 Å². The van der Waals surface area contributed by atoms with Crippen LogP contribution in [0.25, 0.3) is 11.1 Å². The van der Waals surface area contributed by atoms with Crippen LogP contribution >= 0.6 is 0 Å². The molecule has 0 saturated carbocycles. The largest absolute Gasteiger partial charge is 0.508 e. The Morgan fingerprint density at radius 2 is 1.19 bits per heavy atom. The molecule has 0 heterocycles. The molecule has 0 radical (unpaired) electrons. The van der Waals surface area contributed by atoms with E-state index >= 15 is 0 Å². The molecule has 0 unspecified atom stereocenters. The van der Waals surface area contributed by atoms with Crippen LogP contribution < -0.4 is 4.74 Å². The van der Waals surface area contributed by atoms with Gasteiger partial charge in [-0.05, 0) is 56.2 Å². The summed E-state index contributed by atoms with van der Waals surface area (Å²) in [5.41, 5.74) is 2.01. The van der Waals surface area contributed by atoms with Gasteiger partial charge in [-0.25, -0.2) is 0 Å². The molecule has 0 aliphatic rings. The first-order chi connectivity index (χ1) is 9.85. The highest BCUT2D eigenvalue weighted by Gasteiger charge is 2.11. The number of ether oxygens (including phenoxy) is 1. The molecule has 2 rings (SSSR count). The van der Waals surface area contributed by atoms with Gasteiger partial charge in [0.2, 0.25) is 0 Å². The van der Waals surface area contributed by atoms with Crippen LogP contribution in [-0.4, -0.2) is 10.7 Å². The normalized spacial score (nSPS) is 10.5. The van der Waals surface area contributed by atoms with Crippen molar-refractivity contribution in [2.24, 2.45) is 0 Å². The number of benzene rings is 2. The van der Waals surface area contributed by atoms with Crippen LogP contribution in [0, 0.1) is 0 Å². The third-order valence-corrected chi connectivity index (χ3v) is 2.48. The Balaban J connectivity index is 0.000000677. The third kappa shape index (κ3) is 6.35. The van der Waals surface area contributed by atoms with Gasteiger partial charge in [-0.2, -0.15) is 0 Å². The van der Waals surface area contributed by atoms with Crippen LogP contribution in [0.15, 0.2) is 48.5 Å². The van der Waals surface area contributed by atoms with Crippen LogP contribution in [0.1, 0.15) is 41.0 Å². The van der Waals surface area contributed by atoms with Crippen molar-refractivity contribution in [3.05, 3.63) is 48.5 Å². The molecule has 0 aliphatic carbocycles. The predicted octanol–water partition coefficient (Wildman–Crippen LogP) is 5.65. The zero-order valence-electron chi connectivity index (χ0n) is 13.7. The fourth-order valence-electron chi connectivity index (χ4n) is 1.72. The molecule has 0 amide bonds. The van der Waals surface area contributed by atoms with E-state index in [0.717, 1.165) is 16.9 Å². The van der Waals surface area contributed by atoms with Crippen molar-refractivity contribution < 1.29 is 9.84 Å². The van der Waals surface area contributed by atoms with Gasteiger partial charge in [0, 0.05) is 0 Å². The van der Waals surface area contributed by atoms with Crippen molar-refractivity contribution in [3.63, 3.8) is 0 Å². The number of hydrogen-bond acceptors (Lipinski definition) is 2. The van der Waals surface area contributed by atoms with Crippen LogP contribution in [0.5, 0.6) is 11.5 Å². The molecule has 21 heavy (non-hydrogen) atoms. The van der Waals surface area contributed by atoms with Gasteiger partial charge in [-0.1, -0.05) is 44.5 Å². The van der Waals surface area contributed by atoms with Gasteiger partial charge in [0.05, 0.1) is 0 Å². The molecule has 2 nitrogen and oxygen atoms in total. The van der Waals surface area contributed by atoms with Gasteiger partial charge in [0.25, 0.3) is 0 Å². The van der Waals surface area contributed by atoms with E-state index in [2.05, 4.69) is 13.8 Å². The van der Waals surface area contributed by atoms with Gasteiger partial charge in [-0.15, -0.1) is 0 Å². The highest BCUT2D eigenvalue weighted by atomic mass is 16.5. The number of phenols is 1. The topological polar surface area (TPSA) is 29.5 Å². The summed E-state index contributed by atoms with van der Waals surface area (Å²) in [7, 11) is 0. The van der Waals surface area contributed by atoms with E-state index < -0.39 is 0 Å². The van der Waals surface area contributed by atoms with E-state index in [0.29, 0.717) is 0 Å². The summed E-state index contributed by atoms with van der Waals surface area (Å²) in [5.74, 6) is 1.15. The summed E-state index contributed by atoms with van der Waals surface area (Å²) in [5, 5.41) is 9.26. The molecule has 0 bridgehead atoms. The summed E-state index contributed by atoms with van der Waals surface area (Å²) in [4.78, 5) is 0. The lowest BCUT2D eigenvalue weighted by Gasteiger charge is -2.21. The molecular formula is C19H26O2. The van der Waals surface area contributed by atoms with Crippen LogP contribution in [0.2, 0.25) is 0 Å². The van der Waals surface area contributed by atoms with Crippen molar-refractivity contribution >= 4 is 0 Å².